The molecule has 0 bridgehead atoms. The van der Waals surface area contributed by atoms with Crippen LogP contribution in [0.1, 0.15) is 48.0 Å². The highest BCUT2D eigenvalue weighted by Gasteiger charge is 2.36. The largest absolute Gasteiger partial charge is 0.465 e. The molecule has 0 saturated heterocycles. The highest BCUT2D eigenvalue weighted by molar-refractivity contribution is 5.81. The molecule has 2 amide bonds. The van der Waals surface area contributed by atoms with Crippen molar-refractivity contribution in [2.45, 2.75) is 39.8 Å². The lowest BCUT2D eigenvalue weighted by Gasteiger charge is -2.31. The van der Waals surface area contributed by atoms with Gasteiger partial charge in [0.25, 0.3) is 0 Å². The molecule has 1 N–H and O–H groups in total. The number of nitrogens with zero attached hydrogens (tertiary/aromatic N) is 4. The molecule has 4 aromatic rings. The number of carbonyl (C=O) groups excluding carboxylic acids is 2. The summed E-state index contributed by atoms with van der Waals surface area (Å²) in [6.07, 6.45) is 2.74. The second kappa shape index (κ2) is 10.3. The zero-order valence-corrected chi connectivity index (χ0v) is 21.3. The van der Waals surface area contributed by atoms with E-state index in [4.69, 9.17) is 9.84 Å². The summed E-state index contributed by atoms with van der Waals surface area (Å²) in [5.74, 6) is 0.453. The third-order valence-corrected chi connectivity index (χ3v) is 6.61. The summed E-state index contributed by atoms with van der Waals surface area (Å²) in [5.41, 5.74) is 5.89. The van der Waals surface area contributed by atoms with Crippen molar-refractivity contribution in [1.82, 2.24) is 24.6 Å². The van der Waals surface area contributed by atoms with E-state index < -0.39 is 5.97 Å². The molecule has 3 heterocycles. The summed E-state index contributed by atoms with van der Waals surface area (Å²) < 4.78 is 9.13. The average Bonchev–Trinajstić information content (AvgIpc) is 3.49. The number of benzene rings is 2. The number of para-hydroxylation sites is 1. The molecule has 0 unspecified atom stereocenters. The fraction of sp³-hybridized carbons (Fsp3) is 0.276. The Morgan fingerprint density at radius 3 is 2.59 bits per heavy atom. The van der Waals surface area contributed by atoms with Gasteiger partial charge in [0.1, 0.15) is 12.4 Å². The summed E-state index contributed by atoms with van der Waals surface area (Å²) in [5, 5.41) is 7.75. The van der Waals surface area contributed by atoms with Crippen LogP contribution in [0.15, 0.2) is 72.9 Å². The van der Waals surface area contributed by atoms with Crippen LogP contribution in [-0.4, -0.2) is 44.4 Å². The number of hydrogen-bond acceptors (Lipinski definition) is 4. The van der Waals surface area contributed by atoms with E-state index in [2.05, 4.69) is 22.9 Å². The first-order chi connectivity index (χ1) is 18.0. The first-order valence-corrected chi connectivity index (χ1v) is 12.6. The van der Waals surface area contributed by atoms with Crippen LogP contribution < -0.4 is 5.32 Å². The molecule has 0 saturated carbocycles. The van der Waals surface area contributed by atoms with E-state index in [9.17, 15) is 9.59 Å². The van der Waals surface area contributed by atoms with Gasteiger partial charge in [0.05, 0.1) is 36.3 Å². The standard InChI is InChI=1S/C29H31N5O3/c1-4-24-23-19-33(29(36)30-18-26(35)37-5-2)27(21-12-9-11-20(3)17-21)25-15-10-16-32(25)28(23)34(31-24)22-13-7-6-8-14-22/h6-17,27H,4-5,18-19H2,1-3H3,(H,30,36)/t27-/m0/s1. The molecule has 0 radical (unpaired) electrons. The van der Waals surface area contributed by atoms with E-state index >= 15 is 0 Å². The molecular formula is C29H31N5O3. The topological polar surface area (TPSA) is 81.4 Å². The van der Waals surface area contributed by atoms with Gasteiger partial charge in [-0.05, 0) is 50.1 Å². The number of esters is 1. The Morgan fingerprint density at radius 1 is 1.05 bits per heavy atom. The summed E-state index contributed by atoms with van der Waals surface area (Å²) >= 11 is 0. The van der Waals surface area contributed by atoms with Crippen molar-refractivity contribution in [2.24, 2.45) is 0 Å². The fourth-order valence-corrected chi connectivity index (χ4v) is 5.00. The predicted octanol–water partition coefficient (Wildman–Crippen LogP) is 4.71. The summed E-state index contributed by atoms with van der Waals surface area (Å²) in [4.78, 5) is 27.5. The lowest BCUT2D eigenvalue weighted by atomic mass is 10.00. The summed E-state index contributed by atoms with van der Waals surface area (Å²) in [7, 11) is 0. The molecule has 190 valence electrons. The SMILES string of the molecule is CCOC(=O)CNC(=O)N1Cc2c(CC)nn(-c3ccccc3)c2-n2cccc2[C@@H]1c1cccc(C)c1. The van der Waals surface area contributed by atoms with E-state index in [1.807, 2.05) is 78.5 Å². The lowest BCUT2D eigenvalue weighted by Crippen LogP contribution is -2.44. The van der Waals surface area contributed by atoms with Crippen molar-refractivity contribution < 1.29 is 14.3 Å². The van der Waals surface area contributed by atoms with Crippen LogP contribution in [-0.2, 0) is 22.5 Å². The van der Waals surface area contributed by atoms with Gasteiger partial charge in [-0.1, -0.05) is 55.0 Å². The van der Waals surface area contributed by atoms with Gasteiger partial charge in [-0.15, -0.1) is 0 Å². The smallest absolute Gasteiger partial charge is 0.325 e. The molecule has 0 aliphatic carbocycles. The molecule has 1 aliphatic rings. The van der Waals surface area contributed by atoms with Crippen LogP contribution in [0.25, 0.3) is 11.5 Å². The van der Waals surface area contributed by atoms with Gasteiger partial charge in [-0.25, -0.2) is 9.48 Å². The third-order valence-electron chi connectivity index (χ3n) is 6.61. The third kappa shape index (κ3) is 4.62. The normalized spacial score (nSPS) is 14.5. The molecule has 37 heavy (non-hydrogen) atoms. The van der Waals surface area contributed by atoms with Crippen molar-refractivity contribution in [2.75, 3.05) is 13.2 Å². The second-order valence-electron chi connectivity index (χ2n) is 9.06. The Morgan fingerprint density at radius 2 is 1.86 bits per heavy atom. The molecular weight excluding hydrogens is 466 g/mol. The molecule has 8 nitrogen and oxygen atoms in total. The Hall–Kier alpha value is -4.33. The second-order valence-corrected chi connectivity index (χ2v) is 9.06. The molecule has 5 rings (SSSR count). The van der Waals surface area contributed by atoms with Gasteiger partial charge in [0.15, 0.2) is 0 Å². The van der Waals surface area contributed by atoms with Crippen molar-refractivity contribution in [3.8, 4) is 11.5 Å². The van der Waals surface area contributed by atoms with Crippen LogP contribution >= 0.6 is 0 Å². The monoisotopic (exact) mass is 497 g/mol. The number of fused-ring (bicyclic) bond motifs is 3. The zero-order chi connectivity index (χ0) is 25.9. The molecule has 0 spiro atoms. The summed E-state index contributed by atoms with van der Waals surface area (Å²) in [6, 6.07) is 21.6. The quantitative estimate of drug-likeness (QED) is 0.391. The molecule has 2 aromatic heterocycles. The van der Waals surface area contributed by atoms with Crippen LogP contribution in [0.2, 0.25) is 0 Å². The number of aromatic nitrogens is 3. The Balaban J connectivity index is 1.68. The van der Waals surface area contributed by atoms with Gasteiger partial charge in [-0.2, -0.15) is 5.10 Å². The number of urea groups is 1. The van der Waals surface area contributed by atoms with Crippen LogP contribution in [0.4, 0.5) is 4.79 Å². The first-order valence-electron chi connectivity index (χ1n) is 12.6. The molecule has 2 aromatic carbocycles. The van der Waals surface area contributed by atoms with Crippen molar-refractivity contribution in [1.29, 1.82) is 0 Å². The van der Waals surface area contributed by atoms with Crippen molar-refractivity contribution in [3.63, 3.8) is 0 Å². The highest BCUT2D eigenvalue weighted by atomic mass is 16.5. The van der Waals surface area contributed by atoms with E-state index in [1.165, 1.54) is 0 Å². The molecule has 8 heteroatoms. The van der Waals surface area contributed by atoms with E-state index in [-0.39, 0.29) is 25.2 Å². The van der Waals surface area contributed by atoms with Gasteiger partial charge in [0.2, 0.25) is 0 Å². The zero-order valence-electron chi connectivity index (χ0n) is 21.3. The minimum atomic E-state index is -0.465. The number of nitrogens with one attached hydrogen (secondary N) is 1. The first kappa shape index (κ1) is 24.4. The minimum Gasteiger partial charge on any atom is -0.465 e. The lowest BCUT2D eigenvalue weighted by molar-refractivity contribution is -0.141. The maximum absolute atomic E-state index is 13.7. The minimum absolute atomic E-state index is 0.193. The molecule has 0 fully saturated rings. The number of ether oxygens (including phenoxy) is 1. The number of rotatable bonds is 6. The van der Waals surface area contributed by atoms with E-state index in [0.29, 0.717) is 13.0 Å². The highest BCUT2D eigenvalue weighted by Crippen LogP contribution is 2.38. The fourth-order valence-electron chi connectivity index (χ4n) is 5.00. The van der Waals surface area contributed by atoms with Gasteiger partial charge in [-0.3, -0.25) is 4.79 Å². The van der Waals surface area contributed by atoms with Crippen LogP contribution in [0, 0.1) is 6.92 Å². The van der Waals surface area contributed by atoms with Crippen molar-refractivity contribution in [3.05, 3.63) is 101 Å². The van der Waals surface area contributed by atoms with Crippen LogP contribution in [0.3, 0.4) is 0 Å². The number of amides is 2. The van der Waals surface area contributed by atoms with Gasteiger partial charge >= 0.3 is 12.0 Å². The van der Waals surface area contributed by atoms with Crippen molar-refractivity contribution >= 4 is 12.0 Å². The molecule has 1 atom stereocenters. The number of aryl methyl sites for hydroxylation is 2. The Labute approximate surface area is 216 Å². The average molecular weight is 498 g/mol. The van der Waals surface area contributed by atoms with Gasteiger partial charge in [0, 0.05) is 11.8 Å². The number of hydrogen-bond donors (Lipinski definition) is 1. The maximum Gasteiger partial charge on any atom is 0.325 e. The summed E-state index contributed by atoms with van der Waals surface area (Å²) in [6.45, 7) is 6.26. The molecule has 1 aliphatic heterocycles. The van der Waals surface area contributed by atoms with Gasteiger partial charge < -0.3 is 19.5 Å². The predicted molar refractivity (Wildman–Crippen MR) is 141 cm³/mol. The Kier molecular flexibility index (Phi) is 6.81. The Bertz CT molecular complexity index is 1420. The number of carbonyl (C=O) groups is 2. The van der Waals surface area contributed by atoms with Crippen LogP contribution in [0.5, 0.6) is 0 Å². The maximum atomic E-state index is 13.7. The van der Waals surface area contributed by atoms with E-state index in [1.54, 1.807) is 11.8 Å². The van der Waals surface area contributed by atoms with E-state index in [0.717, 1.165) is 39.6 Å².